The zero-order valence-electron chi connectivity index (χ0n) is 15.1. The van der Waals surface area contributed by atoms with Gasteiger partial charge in [0.05, 0.1) is 13.2 Å². The van der Waals surface area contributed by atoms with Gasteiger partial charge in [-0.25, -0.2) is 0 Å². The van der Waals surface area contributed by atoms with Crippen molar-refractivity contribution in [1.82, 2.24) is 0 Å². The predicted molar refractivity (Wildman–Crippen MR) is 98.3 cm³/mol. The van der Waals surface area contributed by atoms with Gasteiger partial charge in [0.2, 0.25) is 0 Å². The summed E-state index contributed by atoms with van der Waals surface area (Å²) in [5.74, 6) is 3.53. The van der Waals surface area contributed by atoms with Crippen LogP contribution in [-0.4, -0.2) is 20.0 Å². The molecule has 4 heteroatoms. The Hall–Kier alpha value is -1.44. The minimum atomic E-state index is -1.81. The van der Waals surface area contributed by atoms with Crippen molar-refractivity contribution in [2.45, 2.75) is 64.8 Å². The minimum absolute atomic E-state index is 0.167. The molecule has 0 saturated heterocycles. The van der Waals surface area contributed by atoms with E-state index in [4.69, 9.17) is 15.6 Å². The van der Waals surface area contributed by atoms with Crippen molar-refractivity contribution in [3.63, 3.8) is 0 Å². The number of terminal acetylenes is 1. The zero-order valence-corrected chi connectivity index (χ0v) is 16.1. The number of benzene rings is 1. The second-order valence-electron chi connectivity index (χ2n) is 7.35. The van der Waals surface area contributed by atoms with Crippen molar-refractivity contribution in [2.24, 2.45) is 0 Å². The summed E-state index contributed by atoms with van der Waals surface area (Å²) < 4.78 is 12.1. The molecule has 128 valence electrons. The maximum Gasteiger partial charge on any atom is 0.192 e. The lowest BCUT2D eigenvalue weighted by Gasteiger charge is -2.36. The molecule has 0 aliphatic rings. The van der Waals surface area contributed by atoms with Crippen LogP contribution in [0.2, 0.25) is 18.1 Å². The molecule has 0 spiro atoms. The van der Waals surface area contributed by atoms with E-state index in [-0.39, 0.29) is 10.8 Å². The van der Waals surface area contributed by atoms with Gasteiger partial charge in [-0.3, -0.25) is 0 Å². The van der Waals surface area contributed by atoms with E-state index in [9.17, 15) is 5.11 Å². The van der Waals surface area contributed by atoms with Crippen LogP contribution in [-0.2, 0) is 11.0 Å². The van der Waals surface area contributed by atoms with Crippen molar-refractivity contribution >= 4 is 8.32 Å². The van der Waals surface area contributed by atoms with Crippen LogP contribution in [0.1, 0.15) is 45.6 Å². The number of hydrogen-bond acceptors (Lipinski definition) is 3. The van der Waals surface area contributed by atoms with Crippen LogP contribution in [0.4, 0.5) is 0 Å². The van der Waals surface area contributed by atoms with Crippen LogP contribution >= 0.6 is 0 Å². The maximum atomic E-state index is 9.70. The van der Waals surface area contributed by atoms with Crippen molar-refractivity contribution in [1.29, 1.82) is 0 Å². The maximum absolute atomic E-state index is 9.70. The van der Waals surface area contributed by atoms with Crippen LogP contribution in [0.3, 0.4) is 0 Å². The summed E-state index contributed by atoms with van der Waals surface area (Å²) in [4.78, 5) is 0. The normalized spacial score (nSPS) is 12.0. The summed E-state index contributed by atoms with van der Waals surface area (Å²) >= 11 is 0. The third-order valence-corrected chi connectivity index (χ3v) is 8.90. The van der Waals surface area contributed by atoms with E-state index in [1.165, 1.54) is 0 Å². The molecule has 0 atom stereocenters. The Balaban J connectivity index is 2.70. The lowest BCUT2D eigenvalue weighted by Crippen LogP contribution is -2.40. The summed E-state index contributed by atoms with van der Waals surface area (Å²) in [7, 11) is -1.81. The topological polar surface area (TPSA) is 38.7 Å². The van der Waals surface area contributed by atoms with E-state index >= 15 is 0 Å². The Morgan fingerprint density at radius 1 is 1.22 bits per heavy atom. The van der Waals surface area contributed by atoms with Crippen LogP contribution in [0, 0.1) is 12.3 Å². The summed E-state index contributed by atoms with van der Waals surface area (Å²) in [5.41, 5.74) is 0.976. The first-order valence-corrected chi connectivity index (χ1v) is 11.1. The third kappa shape index (κ3) is 6.29. The van der Waals surface area contributed by atoms with Crippen LogP contribution < -0.4 is 4.74 Å². The lowest BCUT2D eigenvalue weighted by atomic mass is 10.2. The van der Waals surface area contributed by atoms with Gasteiger partial charge in [-0.1, -0.05) is 20.8 Å². The standard InChI is InChI=1S/C19H30O3Si/c1-7-8-9-10-13-21-18-14-17(20)12-11-16(18)15-22-23(5,6)19(2,3)4/h1,11-12,14,20H,8-10,13,15H2,2-6H3. The van der Waals surface area contributed by atoms with E-state index in [1.54, 1.807) is 12.1 Å². The van der Waals surface area contributed by atoms with Gasteiger partial charge >= 0.3 is 0 Å². The second-order valence-corrected chi connectivity index (χ2v) is 12.2. The molecule has 0 unspecified atom stereocenters. The van der Waals surface area contributed by atoms with E-state index in [1.807, 2.05) is 6.07 Å². The van der Waals surface area contributed by atoms with E-state index in [0.717, 1.165) is 24.8 Å². The van der Waals surface area contributed by atoms with E-state index in [2.05, 4.69) is 39.8 Å². The SMILES string of the molecule is C#CCCCCOc1cc(O)ccc1CO[Si](C)(C)C(C)(C)C. The molecule has 1 N–H and O–H groups in total. The summed E-state index contributed by atoms with van der Waals surface area (Å²) in [5, 5.41) is 9.86. The fourth-order valence-corrected chi connectivity index (χ4v) is 2.73. The molecule has 1 aromatic rings. The molecule has 23 heavy (non-hydrogen) atoms. The Morgan fingerprint density at radius 3 is 2.52 bits per heavy atom. The fraction of sp³-hybridized carbons (Fsp3) is 0.579. The number of aromatic hydroxyl groups is 1. The predicted octanol–water partition coefficient (Wildman–Crippen LogP) is 5.10. The molecule has 0 aliphatic heterocycles. The molecule has 0 aliphatic carbocycles. The van der Waals surface area contributed by atoms with Crippen molar-refractivity contribution in [2.75, 3.05) is 6.61 Å². The highest BCUT2D eigenvalue weighted by Crippen LogP contribution is 2.37. The molecule has 3 nitrogen and oxygen atoms in total. The van der Waals surface area contributed by atoms with Gasteiger partial charge in [0.1, 0.15) is 11.5 Å². The third-order valence-electron chi connectivity index (χ3n) is 4.42. The zero-order chi connectivity index (χ0) is 17.5. The van der Waals surface area contributed by atoms with Gasteiger partial charge in [0.25, 0.3) is 0 Å². The smallest absolute Gasteiger partial charge is 0.192 e. The van der Waals surface area contributed by atoms with Gasteiger partial charge in [0, 0.05) is 18.1 Å². The first kappa shape index (κ1) is 19.6. The Morgan fingerprint density at radius 2 is 1.91 bits per heavy atom. The molecule has 0 radical (unpaired) electrons. The summed E-state index contributed by atoms with van der Waals surface area (Å²) in [6.07, 6.45) is 7.87. The minimum Gasteiger partial charge on any atom is -0.508 e. The molecule has 0 heterocycles. The molecule has 1 rings (SSSR count). The van der Waals surface area contributed by atoms with Gasteiger partial charge in [0.15, 0.2) is 8.32 Å². The Kier molecular flexibility index (Phi) is 7.18. The fourth-order valence-electron chi connectivity index (χ4n) is 1.78. The molecular formula is C19H30O3Si. The molecule has 0 fully saturated rings. The van der Waals surface area contributed by atoms with Gasteiger partial charge < -0.3 is 14.3 Å². The van der Waals surface area contributed by atoms with Crippen molar-refractivity contribution < 1.29 is 14.3 Å². The van der Waals surface area contributed by atoms with E-state index in [0.29, 0.717) is 19.0 Å². The van der Waals surface area contributed by atoms with Crippen molar-refractivity contribution in [3.05, 3.63) is 23.8 Å². The largest absolute Gasteiger partial charge is 0.508 e. The second kappa shape index (κ2) is 8.42. The van der Waals surface area contributed by atoms with Crippen molar-refractivity contribution in [3.8, 4) is 23.8 Å². The van der Waals surface area contributed by atoms with Gasteiger partial charge in [-0.2, -0.15) is 0 Å². The average Bonchev–Trinajstić information content (AvgIpc) is 2.45. The number of hydrogen-bond donors (Lipinski definition) is 1. The summed E-state index contributed by atoms with van der Waals surface area (Å²) in [6.45, 7) is 12.2. The molecule has 0 aromatic heterocycles. The van der Waals surface area contributed by atoms with Crippen LogP contribution in [0.5, 0.6) is 11.5 Å². The quantitative estimate of drug-likeness (QED) is 0.408. The Labute approximate surface area is 142 Å². The number of rotatable bonds is 8. The molecule has 0 amide bonds. The van der Waals surface area contributed by atoms with Crippen LogP contribution in [0.15, 0.2) is 18.2 Å². The van der Waals surface area contributed by atoms with E-state index < -0.39 is 8.32 Å². The highest BCUT2D eigenvalue weighted by atomic mass is 28.4. The average molecular weight is 335 g/mol. The molecular weight excluding hydrogens is 304 g/mol. The first-order valence-electron chi connectivity index (χ1n) is 8.19. The number of phenols is 1. The molecule has 1 aromatic carbocycles. The van der Waals surface area contributed by atoms with Gasteiger partial charge in [-0.15, -0.1) is 12.3 Å². The highest BCUT2D eigenvalue weighted by molar-refractivity contribution is 6.74. The van der Waals surface area contributed by atoms with Crippen LogP contribution in [0.25, 0.3) is 0 Å². The monoisotopic (exact) mass is 334 g/mol. The first-order chi connectivity index (χ1) is 10.7. The number of ether oxygens (including phenoxy) is 1. The molecule has 0 saturated carbocycles. The number of unbranched alkanes of at least 4 members (excludes halogenated alkanes) is 2. The highest BCUT2D eigenvalue weighted by Gasteiger charge is 2.37. The molecule has 0 bridgehead atoms. The lowest BCUT2D eigenvalue weighted by molar-refractivity contribution is 0.258. The van der Waals surface area contributed by atoms with Gasteiger partial charge in [-0.05, 0) is 43.1 Å². The number of phenolic OH excluding ortho intramolecular Hbond substituents is 1. The Bertz CT molecular complexity index is 539. The summed E-state index contributed by atoms with van der Waals surface area (Å²) in [6, 6.07) is 5.21.